The Morgan fingerprint density at radius 3 is 2.00 bits per heavy atom. The van der Waals surface area contributed by atoms with Gasteiger partial charge in [-0.2, -0.15) is 0 Å². The topological polar surface area (TPSA) is 150 Å². The third-order valence-corrected chi connectivity index (χ3v) is 2.84. The standard InChI is InChI=1S/C12H13NO7.2Na/c14-9(15)6-8(7-4-2-1-3-5-7)12(19,11(17)18)10(16)13-20;;/h1-5,8,19-20H,6H2,(H,13,16)(H,14,15)(H,17,18);;/q;2*+1/p-2. The third kappa shape index (κ3) is 5.32. The summed E-state index contributed by atoms with van der Waals surface area (Å²) in [5, 5.41) is 40.3. The van der Waals surface area contributed by atoms with Gasteiger partial charge in [0, 0.05) is 11.9 Å². The van der Waals surface area contributed by atoms with Crippen molar-refractivity contribution >= 4 is 17.8 Å². The molecule has 1 aromatic carbocycles. The minimum absolute atomic E-state index is 0. The van der Waals surface area contributed by atoms with Gasteiger partial charge >= 0.3 is 59.1 Å². The number of carbonyl (C=O) groups excluding carboxylic acids is 3. The molecule has 0 aliphatic carbocycles. The summed E-state index contributed by atoms with van der Waals surface area (Å²) >= 11 is 0. The van der Waals surface area contributed by atoms with E-state index < -0.39 is 35.8 Å². The van der Waals surface area contributed by atoms with Crippen LogP contribution in [0.1, 0.15) is 17.9 Å². The molecule has 3 N–H and O–H groups in total. The average Bonchev–Trinajstić information content (AvgIpc) is 2.43. The molecule has 2 unspecified atom stereocenters. The normalized spacial score (nSPS) is 13.5. The molecular weight excluding hydrogens is 316 g/mol. The zero-order valence-corrected chi connectivity index (χ0v) is 16.1. The number of carboxylic acid groups (broad SMARTS) is 2. The van der Waals surface area contributed by atoms with Gasteiger partial charge in [-0.3, -0.25) is 10.0 Å². The Labute approximate surface area is 170 Å². The van der Waals surface area contributed by atoms with E-state index in [-0.39, 0.29) is 64.7 Å². The molecule has 0 fully saturated rings. The van der Waals surface area contributed by atoms with Gasteiger partial charge < -0.3 is 24.9 Å². The van der Waals surface area contributed by atoms with Gasteiger partial charge in [-0.25, -0.2) is 5.48 Å². The monoisotopic (exact) mass is 327 g/mol. The summed E-state index contributed by atoms with van der Waals surface area (Å²) in [6.45, 7) is 0. The molecule has 0 radical (unpaired) electrons. The first-order chi connectivity index (χ1) is 9.33. The van der Waals surface area contributed by atoms with Gasteiger partial charge in [-0.1, -0.05) is 30.3 Å². The molecule has 22 heavy (non-hydrogen) atoms. The summed E-state index contributed by atoms with van der Waals surface area (Å²) in [6.07, 6.45) is -0.956. The Balaban J connectivity index is 0. The fraction of sp³-hybridized carbons (Fsp3) is 0.250. The SMILES string of the molecule is O=C([O-])CC(c1ccccc1)C(O)(C(=O)[O-])C(=O)NO.[Na+].[Na+]. The number of hydrogen-bond donors (Lipinski definition) is 3. The van der Waals surface area contributed by atoms with E-state index in [4.69, 9.17) is 5.21 Å². The van der Waals surface area contributed by atoms with Crippen LogP contribution in [0.25, 0.3) is 0 Å². The van der Waals surface area contributed by atoms with Gasteiger partial charge in [0.15, 0.2) is 5.60 Å². The molecule has 10 heteroatoms. The third-order valence-electron chi connectivity index (χ3n) is 2.84. The molecule has 0 aliphatic rings. The second-order valence-corrected chi connectivity index (χ2v) is 4.03. The second kappa shape index (κ2) is 10.3. The van der Waals surface area contributed by atoms with Crippen molar-refractivity contribution in [2.75, 3.05) is 0 Å². The van der Waals surface area contributed by atoms with E-state index in [1.807, 2.05) is 0 Å². The quantitative estimate of drug-likeness (QED) is 0.203. The molecule has 1 aromatic rings. The van der Waals surface area contributed by atoms with Crippen molar-refractivity contribution < 1.29 is 94.0 Å². The van der Waals surface area contributed by atoms with Crippen molar-refractivity contribution in [3.05, 3.63) is 35.9 Å². The number of rotatable bonds is 6. The van der Waals surface area contributed by atoms with Gasteiger partial charge in [-0.15, -0.1) is 0 Å². The van der Waals surface area contributed by atoms with E-state index in [1.165, 1.54) is 24.3 Å². The fourth-order valence-electron chi connectivity index (χ4n) is 1.84. The van der Waals surface area contributed by atoms with Crippen molar-refractivity contribution in [1.29, 1.82) is 0 Å². The van der Waals surface area contributed by atoms with Crippen molar-refractivity contribution in [3.63, 3.8) is 0 Å². The maximum Gasteiger partial charge on any atom is 1.00 e. The van der Waals surface area contributed by atoms with Crippen molar-refractivity contribution in [3.8, 4) is 0 Å². The predicted octanol–water partition coefficient (Wildman–Crippen LogP) is -9.10. The minimum Gasteiger partial charge on any atom is -0.550 e. The Bertz CT molecular complexity index is 525. The first kappa shape index (κ1) is 23.8. The van der Waals surface area contributed by atoms with E-state index in [0.29, 0.717) is 0 Å². The zero-order chi connectivity index (χ0) is 15.3. The minimum atomic E-state index is -3.25. The predicted molar refractivity (Wildman–Crippen MR) is 58.7 cm³/mol. The molecule has 1 rings (SSSR count). The van der Waals surface area contributed by atoms with Crippen LogP contribution in [-0.2, 0) is 14.4 Å². The molecule has 0 saturated carbocycles. The fourth-order valence-corrected chi connectivity index (χ4v) is 1.84. The van der Waals surface area contributed by atoms with Crippen LogP contribution in [0.3, 0.4) is 0 Å². The maximum atomic E-state index is 11.4. The summed E-state index contributed by atoms with van der Waals surface area (Å²) in [5.74, 6) is -7.30. The second-order valence-electron chi connectivity index (χ2n) is 4.03. The van der Waals surface area contributed by atoms with Gasteiger partial charge in [0.25, 0.3) is 5.91 Å². The zero-order valence-electron chi connectivity index (χ0n) is 12.1. The summed E-state index contributed by atoms with van der Waals surface area (Å²) in [7, 11) is 0. The van der Waals surface area contributed by atoms with Crippen molar-refractivity contribution in [2.45, 2.75) is 17.9 Å². The van der Waals surface area contributed by atoms with Gasteiger partial charge in [0.2, 0.25) is 0 Å². The Hall–Kier alpha value is -0.450. The maximum absolute atomic E-state index is 11.4. The van der Waals surface area contributed by atoms with Crippen LogP contribution in [0, 0.1) is 0 Å². The molecular formula is C12H11NNa2O7. The van der Waals surface area contributed by atoms with Crippen molar-refractivity contribution in [2.24, 2.45) is 0 Å². The Morgan fingerprint density at radius 1 is 1.14 bits per heavy atom. The number of carbonyl (C=O) groups is 3. The summed E-state index contributed by atoms with van der Waals surface area (Å²) in [4.78, 5) is 33.2. The number of aliphatic carboxylic acids is 2. The number of amides is 1. The van der Waals surface area contributed by atoms with Crippen LogP contribution in [0.2, 0.25) is 0 Å². The number of carboxylic acids is 2. The molecule has 0 bridgehead atoms. The van der Waals surface area contributed by atoms with Crippen LogP contribution in [0.4, 0.5) is 0 Å². The average molecular weight is 327 g/mol. The van der Waals surface area contributed by atoms with E-state index in [9.17, 15) is 29.7 Å². The smallest absolute Gasteiger partial charge is 0.550 e. The molecule has 0 aliphatic heterocycles. The van der Waals surface area contributed by atoms with E-state index in [0.717, 1.165) is 5.48 Å². The molecule has 0 spiro atoms. The number of nitrogens with one attached hydrogen (secondary N) is 1. The van der Waals surface area contributed by atoms with Crippen LogP contribution in [0.15, 0.2) is 30.3 Å². The largest absolute Gasteiger partial charge is 1.00 e. The van der Waals surface area contributed by atoms with E-state index in [2.05, 4.69) is 0 Å². The number of aliphatic hydroxyl groups is 1. The van der Waals surface area contributed by atoms with Crippen LogP contribution >= 0.6 is 0 Å². The van der Waals surface area contributed by atoms with Gasteiger partial charge in [0.1, 0.15) is 0 Å². The van der Waals surface area contributed by atoms with Gasteiger partial charge in [-0.05, 0) is 12.0 Å². The van der Waals surface area contributed by atoms with E-state index >= 15 is 0 Å². The first-order valence-electron chi connectivity index (χ1n) is 5.47. The Kier molecular flexibility index (Phi) is 11.2. The van der Waals surface area contributed by atoms with Gasteiger partial charge in [0.05, 0.1) is 5.97 Å². The van der Waals surface area contributed by atoms with E-state index in [1.54, 1.807) is 6.07 Å². The summed E-state index contributed by atoms with van der Waals surface area (Å²) < 4.78 is 0. The van der Waals surface area contributed by atoms with Crippen LogP contribution in [0.5, 0.6) is 0 Å². The number of benzene rings is 1. The first-order valence-corrected chi connectivity index (χ1v) is 5.47. The molecule has 108 valence electrons. The Morgan fingerprint density at radius 2 is 1.64 bits per heavy atom. The molecule has 0 saturated heterocycles. The number of hydrogen-bond acceptors (Lipinski definition) is 7. The molecule has 8 nitrogen and oxygen atoms in total. The molecule has 0 heterocycles. The molecule has 1 amide bonds. The van der Waals surface area contributed by atoms with Crippen molar-refractivity contribution in [1.82, 2.24) is 5.48 Å². The van der Waals surface area contributed by atoms with Crippen LogP contribution in [-0.4, -0.2) is 33.8 Å². The summed E-state index contributed by atoms with van der Waals surface area (Å²) in [6, 6.07) is 7.15. The molecule has 2 atom stereocenters. The van der Waals surface area contributed by atoms with Crippen LogP contribution < -0.4 is 74.8 Å². The number of hydroxylamine groups is 1. The molecule has 0 aromatic heterocycles. The summed E-state index contributed by atoms with van der Waals surface area (Å²) in [5.41, 5.74) is -2.20.